The van der Waals surface area contributed by atoms with E-state index in [2.05, 4.69) is 45.3 Å². The minimum atomic E-state index is 0.0232. The highest BCUT2D eigenvalue weighted by Gasteiger charge is 2.17. The standard InChI is InChI=1S/C27H29N5O2S/c1-16(29-27-21-12-23(33-5)24(34-6)13-22(21)30-17(2)31-27)25-9-10-26(35-25)20-8-7-18(14-28)11-19(20)15-32(3)4/h7-13,16H,15H2,1-6H3,(H,29,30,31). The number of hydrogen-bond acceptors (Lipinski definition) is 8. The second-order valence-corrected chi connectivity index (χ2v) is 9.75. The quantitative estimate of drug-likeness (QED) is 0.337. The monoisotopic (exact) mass is 487 g/mol. The largest absolute Gasteiger partial charge is 0.493 e. The van der Waals surface area contributed by atoms with Crippen molar-refractivity contribution in [1.82, 2.24) is 14.9 Å². The van der Waals surface area contributed by atoms with Crippen molar-refractivity contribution in [2.75, 3.05) is 33.6 Å². The number of methoxy groups -OCH3 is 2. The smallest absolute Gasteiger partial charge is 0.162 e. The van der Waals surface area contributed by atoms with Crippen LogP contribution >= 0.6 is 11.3 Å². The molecule has 2 heterocycles. The van der Waals surface area contributed by atoms with Gasteiger partial charge in [-0.1, -0.05) is 6.07 Å². The van der Waals surface area contributed by atoms with Gasteiger partial charge in [-0.25, -0.2) is 9.97 Å². The Bertz CT molecular complexity index is 1410. The van der Waals surface area contributed by atoms with Crippen LogP contribution in [-0.2, 0) is 6.54 Å². The second-order valence-electron chi connectivity index (χ2n) is 8.63. The van der Waals surface area contributed by atoms with Crippen LogP contribution in [0.5, 0.6) is 11.5 Å². The van der Waals surface area contributed by atoms with Crippen LogP contribution in [0.3, 0.4) is 0 Å². The number of benzene rings is 2. The van der Waals surface area contributed by atoms with Crippen molar-refractivity contribution < 1.29 is 9.47 Å². The number of fused-ring (bicyclic) bond motifs is 1. The molecule has 2 aromatic heterocycles. The van der Waals surface area contributed by atoms with Gasteiger partial charge >= 0.3 is 0 Å². The summed E-state index contributed by atoms with van der Waals surface area (Å²) in [5.74, 6) is 2.70. The molecule has 8 heteroatoms. The third-order valence-electron chi connectivity index (χ3n) is 5.71. The first-order valence-electron chi connectivity index (χ1n) is 11.3. The Morgan fingerprint density at radius 3 is 2.49 bits per heavy atom. The number of rotatable bonds is 8. The van der Waals surface area contributed by atoms with Crippen LogP contribution in [0.4, 0.5) is 5.82 Å². The first kappa shape index (κ1) is 24.5. The molecule has 1 atom stereocenters. The summed E-state index contributed by atoms with van der Waals surface area (Å²) in [4.78, 5) is 13.7. The van der Waals surface area contributed by atoms with E-state index in [1.165, 1.54) is 9.75 Å². The number of nitrogens with zero attached hydrogens (tertiary/aromatic N) is 4. The summed E-state index contributed by atoms with van der Waals surface area (Å²) in [5.41, 5.74) is 3.76. The zero-order chi connectivity index (χ0) is 25.1. The van der Waals surface area contributed by atoms with Crippen molar-refractivity contribution in [1.29, 1.82) is 5.26 Å². The van der Waals surface area contributed by atoms with Gasteiger partial charge in [0.25, 0.3) is 0 Å². The Balaban J connectivity index is 1.67. The Morgan fingerprint density at radius 1 is 1.06 bits per heavy atom. The van der Waals surface area contributed by atoms with Gasteiger partial charge in [-0.2, -0.15) is 5.26 Å². The molecule has 0 spiro atoms. The summed E-state index contributed by atoms with van der Waals surface area (Å²) < 4.78 is 10.9. The van der Waals surface area contributed by atoms with Gasteiger partial charge < -0.3 is 19.7 Å². The van der Waals surface area contributed by atoms with Crippen LogP contribution in [0, 0.1) is 18.3 Å². The van der Waals surface area contributed by atoms with Gasteiger partial charge in [0, 0.05) is 27.8 Å². The van der Waals surface area contributed by atoms with E-state index in [1.807, 2.05) is 51.4 Å². The van der Waals surface area contributed by atoms with Crippen molar-refractivity contribution in [3.05, 3.63) is 64.3 Å². The van der Waals surface area contributed by atoms with Gasteiger partial charge in [-0.3, -0.25) is 0 Å². The molecule has 180 valence electrons. The maximum atomic E-state index is 9.34. The van der Waals surface area contributed by atoms with Gasteiger partial charge in [0.05, 0.1) is 37.4 Å². The highest BCUT2D eigenvalue weighted by molar-refractivity contribution is 7.15. The lowest BCUT2D eigenvalue weighted by atomic mass is 10.0. The molecule has 7 nitrogen and oxygen atoms in total. The molecule has 2 aromatic carbocycles. The number of ether oxygens (including phenoxy) is 2. The van der Waals surface area contributed by atoms with Crippen LogP contribution in [0.1, 0.15) is 34.8 Å². The van der Waals surface area contributed by atoms with Crippen molar-refractivity contribution in [3.8, 4) is 28.0 Å². The summed E-state index contributed by atoms with van der Waals surface area (Å²) in [6.07, 6.45) is 0. The Morgan fingerprint density at radius 2 is 1.80 bits per heavy atom. The van der Waals surface area contributed by atoms with E-state index in [4.69, 9.17) is 9.47 Å². The van der Waals surface area contributed by atoms with Gasteiger partial charge in [0.2, 0.25) is 0 Å². The number of thiophene rings is 1. The Kier molecular flexibility index (Phi) is 7.20. The van der Waals surface area contributed by atoms with Crippen LogP contribution in [0.25, 0.3) is 21.3 Å². The molecule has 0 fully saturated rings. The first-order valence-corrected chi connectivity index (χ1v) is 12.1. The second kappa shape index (κ2) is 10.3. The fourth-order valence-electron chi connectivity index (χ4n) is 4.06. The van der Waals surface area contributed by atoms with Crippen molar-refractivity contribution in [3.63, 3.8) is 0 Å². The van der Waals surface area contributed by atoms with E-state index in [0.29, 0.717) is 22.9 Å². The summed E-state index contributed by atoms with van der Waals surface area (Å²) in [6.45, 7) is 4.77. The van der Waals surface area contributed by atoms with E-state index in [1.54, 1.807) is 25.6 Å². The van der Waals surface area contributed by atoms with Gasteiger partial charge in [0.15, 0.2) is 11.5 Å². The SMILES string of the molecule is COc1cc2nc(C)nc(NC(C)c3ccc(-c4ccc(C#N)cc4CN(C)C)s3)c2cc1OC. The summed E-state index contributed by atoms with van der Waals surface area (Å²) in [6, 6.07) is 16.3. The molecule has 4 aromatic rings. The van der Waals surface area contributed by atoms with Crippen molar-refractivity contribution in [2.45, 2.75) is 26.4 Å². The highest BCUT2D eigenvalue weighted by Crippen LogP contribution is 2.37. The van der Waals surface area contributed by atoms with E-state index >= 15 is 0 Å². The molecule has 1 N–H and O–H groups in total. The fraction of sp³-hybridized carbons (Fsp3) is 0.296. The van der Waals surface area contributed by atoms with Crippen molar-refractivity contribution in [2.24, 2.45) is 0 Å². The number of nitrogens with one attached hydrogen (secondary N) is 1. The molecule has 0 amide bonds. The number of nitriles is 1. The molecule has 0 saturated heterocycles. The van der Waals surface area contributed by atoms with Crippen LogP contribution in [0.2, 0.25) is 0 Å². The summed E-state index contributed by atoms with van der Waals surface area (Å²) in [7, 11) is 7.31. The molecule has 0 aliphatic carbocycles. The highest BCUT2D eigenvalue weighted by atomic mass is 32.1. The zero-order valence-electron chi connectivity index (χ0n) is 20.8. The number of hydrogen-bond donors (Lipinski definition) is 1. The van der Waals surface area contributed by atoms with E-state index in [0.717, 1.165) is 34.4 Å². The lowest BCUT2D eigenvalue weighted by Crippen LogP contribution is -2.11. The Labute approximate surface area is 210 Å². The molecule has 0 radical (unpaired) electrons. The molecule has 0 bridgehead atoms. The minimum absolute atomic E-state index is 0.0232. The molecule has 0 aliphatic heterocycles. The zero-order valence-corrected chi connectivity index (χ0v) is 21.7. The molecular formula is C27H29N5O2S. The van der Waals surface area contributed by atoms with E-state index in [9.17, 15) is 5.26 Å². The normalized spacial score (nSPS) is 11.9. The predicted molar refractivity (Wildman–Crippen MR) is 141 cm³/mol. The number of aryl methyl sites for hydroxylation is 1. The molecule has 0 saturated carbocycles. The fourth-order valence-corrected chi connectivity index (χ4v) is 5.13. The Hall–Kier alpha value is -3.67. The van der Waals surface area contributed by atoms with Gasteiger partial charge in [0.1, 0.15) is 11.6 Å². The van der Waals surface area contributed by atoms with Crippen LogP contribution in [0.15, 0.2) is 42.5 Å². The third kappa shape index (κ3) is 5.21. The molecular weight excluding hydrogens is 458 g/mol. The van der Waals surface area contributed by atoms with Crippen LogP contribution in [-0.4, -0.2) is 43.2 Å². The maximum absolute atomic E-state index is 9.34. The lowest BCUT2D eigenvalue weighted by Gasteiger charge is -2.17. The topological polar surface area (TPSA) is 83.3 Å². The minimum Gasteiger partial charge on any atom is -0.493 e. The predicted octanol–water partition coefficient (Wildman–Crippen LogP) is 5.79. The lowest BCUT2D eigenvalue weighted by molar-refractivity contribution is 0.356. The summed E-state index contributed by atoms with van der Waals surface area (Å²) >= 11 is 1.74. The molecule has 4 rings (SSSR count). The van der Waals surface area contributed by atoms with E-state index in [-0.39, 0.29) is 6.04 Å². The molecule has 1 unspecified atom stereocenters. The van der Waals surface area contributed by atoms with Gasteiger partial charge in [-0.05, 0) is 69.4 Å². The molecule has 0 aliphatic rings. The first-order chi connectivity index (χ1) is 16.8. The average Bonchev–Trinajstić information content (AvgIpc) is 3.33. The maximum Gasteiger partial charge on any atom is 0.162 e. The van der Waals surface area contributed by atoms with Crippen molar-refractivity contribution >= 4 is 28.1 Å². The van der Waals surface area contributed by atoms with Crippen LogP contribution < -0.4 is 14.8 Å². The van der Waals surface area contributed by atoms with Gasteiger partial charge in [-0.15, -0.1) is 11.3 Å². The number of aromatic nitrogens is 2. The summed E-state index contributed by atoms with van der Waals surface area (Å²) in [5, 5.41) is 13.8. The number of anilines is 1. The average molecular weight is 488 g/mol. The molecule has 35 heavy (non-hydrogen) atoms. The third-order valence-corrected chi connectivity index (χ3v) is 7.01. The van der Waals surface area contributed by atoms with E-state index < -0.39 is 0 Å².